The molecule has 0 aromatic heterocycles. The second-order valence-corrected chi connectivity index (χ2v) is 7.69. The number of nitriles is 1. The summed E-state index contributed by atoms with van der Waals surface area (Å²) < 4.78 is 11.5. The zero-order valence-corrected chi connectivity index (χ0v) is 18.7. The van der Waals surface area contributed by atoms with E-state index in [0.717, 1.165) is 0 Å². The molecule has 0 bridgehead atoms. The number of benzene rings is 4. The van der Waals surface area contributed by atoms with Crippen molar-refractivity contribution in [1.82, 2.24) is 0 Å². The van der Waals surface area contributed by atoms with E-state index in [0.29, 0.717) is 33.3 Å². The molecule has 0 radical (unpaired) electrons. The number of halogens is 1. The Bertz CT molecular complexity index is 1430. The first kappa shape index (κ1) is 23.3. The van der Waals surface area contributed by atoms with Gasteiger partial charge in [-0.15, -0.1) is 0 Å². The number of carbonyl (C=O) groups excluding carboxylic acids is 1. The molecule has 0 aliphatic carbocycles. The lowest BCUT2D eigenvalue weighted by Crippen LogP contribution is -2.11. The highest BCUT2D eigenvalue weighted by molar-refractivity contribution is 6.30. The van der Waals surface area contributed by atoms with Crippen molar-refractivity contribution in [2.24, 2.45) is 0 Å². The first-order valence-electron chi connectivity index (χ1n) is 10.2. The maximum atomic E-state index is 12.5. The molecule has 172 valence electrons. The third-order valence-corrected chi connectivity index (χ3v) is 4.97. The van der Waals surface area contributed by atoms with Gasteiger partial charge in [0.05, 0.1) is 28.7 Å². The predicted octanol–water partition coefficient (Wildman–Crippen LogP) is 6.96. The van der Waals surface area contributed by atoms with Crippen molar-refractivity contribution >= 4 is 28.9 Å². The zero-order chi connectivity index (χ0) is 24.8. The van der Waals surface area contributed by atoms with E-state index < -0.39 is 4.92 Å². The topological polar surface area (TPSA) is 114 Å². The Kier molecular flexibility index (Phi) is 6.91. The number of amides is 1. The van der Waals surface area contributed by atoms with Crippen LogP contribution in [0, 0.1) is 21.4 Å². The Hall–Kier alpha value is -4.87. The normalized spacial score (nSPS) is 10.2. The fraction of sp³-hybridized carbons (Fsp3) is 0. The van der Waals surface area contributed by atoms with Gasteiger partial charge in [-0.1, -0.05) is 17.7 Å². The number of anilines is 1. The molecule has 1 amide bonds. The molecule has 0 saturated carbocycles. The van der Waals surface area contributed by atoms with E-state index in [1.165, 1.54) is 18.2 Å². The van der Waals surface area contributed by atoms with E-state index in [4.69, 9.17) is 26.3 Å². The maximum absolute atomic E-state index is 12.5. The molecule has 0 saturated heterocycles. The summed E-state index contributed by atoms with van der Waals surface area (Å²) in [6.45, 7) is 0. The van der Waals surface area contributed by atoms with Crippen molar-refractivity contribution in [2.45, 2.75) is 0 Å². The molecule has 0 unspecified atom stereocenters. The van der Waals surface area contributed by atoms with Crippen LogP contribution in [0.15, 0.2) is 91.0 Å². The van der Waals surface area contributed by atoms with Gasteiger partial charge >= 0.3 is 0 Å². The van der Waals surface area contributed by atoms with E-state index in [1.54, 1.807) is 72.8 Å². The number of non-ortho nitro benzene ring substituents is 1. The summed E-state index contributed by atoms with van der Waals surface area (Å²) in [6.07, 6.45) is 0. The maximum Gasteiger partial charge on any atom is 0.276 e. The van der Waals surface area contributed by atoms with E-state index >= 15 is 0 Å². The monoisotopic (exact) mass is 485 g/mol. The van der Waals surface area contributed by atoms with E-state index in [1.807, 2.05) is 6.07 Å². The first-order chi connectivity index (χ1) is 16.9. The summed E-state index contributed by atoms with van der Waals surface area (Å²) in [6, 6.07) is 25.5. The number of nitrogens with zero attached hydrogens (tertiary/aromatic N) is 2. The minimum atomic E-state index is -0.547. The quantitative estimate of drug-likeness (QED) is 0.223. The van der Waals surface area contributed by atoms with Gasteiger partial charge in [0, 0.05) is 22.3 Å². The summed E-state index contributed by atoms with van der Waals surface area (Å²) in [5, 5.41) is 23.5. The van der Waals surface area contributed by atoms with Gasteiger partial charge in [-0.2, -0.15) is 5.26 Å². The molecule has 0 spiro atoms. The molecule has 8 nitrogen and oxygen atoms in total. The predicted molar refractivity (Wildman–Crippen MR) is 130 cm³/mol. The van der Waals surface area contributed by atoms with Crippen molar-refractivity contribution < 1.29 is 19.2 Å². The van der Waals surface area contributed by atoms with Crippen LogP contribution in [0.25, 0.3) is 0 Å². The second-order valence-electron chi connectivity index (χ2n) is 7.25. The van der Waals surface area contributed by atoms with E-state index in [9.17, 15) is 14.9 Å². The lowest BCUT2D eigenvalue weighted by atomic mass is 10.2. The van der Waals surface area contributed by atoms with Crippen molar-refractivity contribution in [2.75, 3.05) is 5.32 Å². The van der Waals surface area contributed by atoms with Gasteiger partial charge in [0.1, 0.15) is 23.0 Å². The summed E-state index contributed by atoms with van der Waals surface area (Å²) >= 11 is 5.97. The van der Waals surface area contributed by atoms with Crippen molar-refractivity contribution in [3.63, 3.8) is 0 Å². The van der Waals surface area contributed by atoms with Gasteiger partial charge in [-0.3, -0.25) is 14.9 Å². The van der Waals surface area contributed by atoms with Crippen molar-refractivity contribution in [3.8, 4) is 29.1 Å². The minimum Gasteiger partial charge on any atom is -0.457 e. The summed E-state index contributed by atoms with van der Waals surface area (Å²) in [5.41, 5.74) is 1.22. The molecule has 9 heteroatoms. The number of hydrogen-bond acceptors (Lipinski definition) is 6. The highest BCUT2D eigenvalue weighted by atomic mass is 35.5. The van der Waals surface area contributed by atoms with Crippen LogP contribution in [0.4, 0.5) is 11.4 Å². The standard InChI is InChI=1S/C26H16ClN3O5/c27-19-2-1-3-23(12-19)35-25-14-21(30(32)33)13-24(15-25)34-22-10-6-18(7-11-22)26(31)29-20-8-4-17(16-28)5-9-20/h1-15H,(H,29,31). The Balaban J connectivity index is 1.49. The van der Waals surface area contributed by atoms with Crippen LogP contribution in [0.2, 0.25) is 5.02 Å². The van der Waals surface area contributed by atoms with Crippen LogP contribution in [0.3, 0.4) is 0 Å². The molecule has 35 heavy (non-hydrogen) atoms. The molecule has 1 N–H and O–H groups in total. The number of hydrogen-bond donors (Lipinski definition) is 1. The van der Waals surface area contributed by atoms with Gasteiger partial charge in [-0.05, 0) is 66.7 Å². The fourth-order valence-electron chi connectivity index (χ4n) is 3.09. The Morgan fingerprint density at radius 3 is 2.11 bits per heavy atom. The molecule has 0 fully saturated rings. The lowest BCUT2D eigenvalue weighted by molar-refractivity contribution is -0.385. The summed E-state index contributed by atoms with van der Waals surface area (Å²) in [4.78, 5) is 23.3. The molecule has 0 aliphatic heterocycles. The van der Waals surface area contributed by atoms with Gasteiger partial charge in [0.2, 0.25) is 0 Å². The first-order valence-corrected chi connectivity index (χ1v) is 10.6. The number of ether oxygens (including phenoxy) is 2. The second kappa shape index (κ2) is 10.4. The van der Waals surface area contributed by atoms with E-state index in [2.05, 4.69) is 5.32 Å². The van der Waals surface area contributed by atoms with Crippen LogP contribution >= 0.6 is 11.6 Å². The molecular formula is C26H16ClN3O5. The van der Waals surface area contributed by atoms with E-state index in [-0.39, 0.29) is 23.1 Å². The number of rotatable bonds is 7. The number of nitro groups is 1. The van der Waals surface area contributed by atoms with Crippen LogP contribution in [0.1, 0.15) is 15.9 Å². The van der Waals surface area contributed by atoms with Gasteiger partial charge < -0.3 is 14.8 Å². The largest absolute Gasteiger partial charge is 0.457 e. The Morgan fingerprint density at radius 1 is 0.857 bits per heavy atom. The molecule has 4 aromatic rings. The number of nitro benzene ring substituents is 1. The third-order valence-electron chi connectivity index (χ3n) is 4.73. The molecular weight excluding hydrogens is 470 g/mol. The average Bonchev–Trinajstić information content (AvgIpc) is 2.85. The highest BCUT2D eigenvalue weighted by Crippen LogP contribution is 2.34. The Morgan fingerprint density at radius 2 is 1.51 bits per heavy atom. The van der Waals surface area contributed by atoms with Crippen LogP contribution in [-0.4, -0.2) is 10.8 Å². The smallest absolute Gasteiger partial charge is 0.276 e. The molecule has 0 aliphatic rings. The fourth-order valence-corrected chi connectivity index (χ4v) is 3.27. The van der Waals surface area contributed by atoms with Gasteiger partial charge in [-0.25, -0.2) is 0 Å². The van der Waals surface area contributed by atoms with Crippen LogP contribution in [-0.2, 0) is 0 Å². The molecule has 0 heterocycles. The third kappa shape index (κ3) is 6.13. The summed E-state index contributed by atoms with van der Waals surface area (Å²) in [7, 11) is 0. The number of carbonyl (C=O) groups is 1. The van der Waals surface area contributed by atoms with Gasteiger partial charge in [0.15, 0.2) is 0 Å². The van der Waals surface area contributed by atoms with Crippen molar-refractivity contribution in [1.29, 1.82) is 5.26 Å². The molecule has 0 atom stereocenters. The number of nitrogens with one attached hydrogen (secondary N) is 1. The van der Waals surface area contributed by atoms with Gasteiger partial charge in [0.25, 0.3) is 11.6 Å². The zero-order valence-electron chi connectivity index (χ0n) is 18.0. The molecule has 4 aromatic carbocycles. The minimum absolute atomic E-state index is 0.186. The molecule has 4 rings (SSSR count). The Labute approximate surface area is 205 Å². The lowest BCUT2D eigenvalue weighted by Gasteiger charge is -2.10. The summed E-state index contributed by atoms with van der Waals surface area (Å²) in [5.74, 6) is 0.838. The highest BCUT2D eigenvalue weighted by Gasteiger charge is 2.14. The van der Waals surface area contributed by atoms with Crippen LogP contribution in [0.5, 0.6) is 23.0 Å². The average molecular weight is 486 g/mol. The SMILES string of the molecule is N#Cc1ccc(NC(=O)c2ccc(Oc3cc(Oc4cccc(Cl)c4)cc([N+](=O)[O-])c3)cc2)cc1. The van der Waals surface area contributed by atoms with Crippen LogP contribution < -0.4 is 14.8 Å². The van der Waals surface area contributed by atoms with Crippen molar-refractivity contribution in [3.05, 3.63) is 117 Å².